The van der Waals surface area contributed by atoms with Gasteiger partial charge in [0.2, 0.25) is 0 Å². The second-order valence-electron chi connectivity index (χ2n) is 5.09. The van der Waals surface area contributed by atoms with Gasteiger partial charge in [-0.2, -0.15) is 0 Å². The van der Waals surface area contributed by atoms with Gasteiger partial charge in [0.25, 0.3) is 5.91 Å². The van der Waals surface area contributed by atoms with Crippen LogP contribution in [0.15, 0.2) is 41.9 Å². The minimum Gasteiger partial charge on any atom is -0.360 e. The van der Waals surface area contributed by atoms with Crippen molar-refractivity contribution in [3.05, 3.63) is 57.9 Å². The summed E-state index contributed by atoms with van der Waals surface area (Å²) in [6.07, 6.45) is 2.80. The molecule has 100 valence electrons. The number of benzene rings is 1. The van der Waals surface area contributed by atoms with Crippen molar-refractivity contribution in [3.63, 3.8) is 0 Å². The van der Waals surface area contributed by atoms with Crippen molar-refractivity contribution in [2.24, 2.45) is 0 Å². The Labute approximate surface area is 120 Å². The van der Waals surface area contributed by atoms with Gasteiger partial charge in [-0.1, -0.05) is 18.2 Å². The highest BCUT2D eigenvalue weighted by Gasteiger charge is 2.24. The van der Waals surface area contributed by atoms with Gasteiger partial charge in [0, 0.05) is 35.1 Å². The number of carbonyl (C=O) groups is 1. The van der Waals surface area contributed by atoms with Crippen molar-refractivity contribution in [3.8, 4) is 0 Å². The molecule has 2 aromatic heterocycles. The number of para-hydroxylation sites is 1. The molecule has 4 rings (SSSR count). The summed E-state index contributed by atoms with van der Waals surface area (Å²) in [7, 11) is 0. The lowest BCUT2D eigenvalue weighted by atomic mass is 10.1. The maximum Gasteiger partial charge on any atom is 0.256 e. The fourth-order valence-corrected chi connectivity index (χ4v) is 3.73. The molecule has 0 radical (unpaired) electrons. The molecule has 3 nitrogen and oxygen atoms in total. The highest BCUT2D eigenvalue weighted by Crippen LogP contribution is 2.26. The van der Waals surface area contributed by atoms with Crippen LogP contribution in [0.3, 0.4) is 0 Å². The monoisotopic (exact) mass is 282 g/mol. The summed E-state index contributed by atoms with van der Waals surface area (Å²) in [6.45, 7) is 1.54. The van der Waals surface area contributed by atoms with Crippen LogP contribution in [-0.2, 0) is 13.0 Å². The number of hydrogen-bond acceptors (Lipinski definition) is 2. The molecule has 1 aliphatic rings. The highest BCUT2D eigenvalue weighted by atomic mass is 32.1. The molecule has 1 N–H and O–H groups in total. The second-order valence-corrected chi connectivity index (χ2v) is 6.09. The number of rotatable bonds is 1. The van der Waals surface area contributed by atoms with Gasteiger partial charge in [-0.15, -0.1) is 11.3 Å². The van der Waals surface area contributed by atoms with Gasteiger partial charge in [-0.25, -0.2) is 0 Å². The van der Waals surface area contributed by atoms with Crippen LogP contribution in [0.1, 0.15) is 20.8 Å². The molecule has 1 amide bonds. The Morgan fingerprint density at radius 2 is 2.15 bits per heavy atom. The fourth-order valence-electron chi connectivity index (χ4n) is 2.84. The number of fused-ring (bicyclic) bond motifs is 2. The summed E-state index contributed by atoms with van der Waals surface area (Å²) >= 11 is 1.80. The van der Waals surface area contributed by atoms with Crippen molar-refractivity contribution in [1.29, 1.82) is 0 Å². The third kappa shape index (κ3) is 1.76. The molecule has 1 aliphatic heterocycles. The molecule has 1 aromatic carbocycles. The van der Waals surface area contributed by atoms with E-state index in [0.717, 1.165) is 36.0 Å². The molecule has 0 atom stereocenters. The van der Waals surface area contributed by atoms with Gasteiger partial charge in [0.15, 0.2) is 0 Å². The first-order chi connectivity index (χ1) is 9.83. The highest BCUT2D eigenvalue weighted by molar-refractivity contribution is 7.10. The number of thiophene rings is 1. The number of nitrogens with zero attached hydrogens (tertiary/aromatic N) is 1. The lowest BCUT2D eigenvalue weighted by Gasteiger charge is -2.26. The predicted octanol–water partition coefficient (Wildman–Crippen LogP) is 3.43. The van der Waals surface area contributed by atoms with Gasteiger partial charge in [-0.3, -0.25) is 4.79 Å². The molecule has 0 unspecified atom stereocenters. The molecule has 0 spiro atoms. The zero-order chi connectivity index (χ0) is 13.5. The van der Waals surface area contributed by atoms with E-state index < -0.39 is 0 Å². The summed E-state index contributed by atoms with van der Waals surface area (Å²) in [5.74, 6) is 0.124. The molecule has 0 aliphatic carbocycles. The van der Waals surface area contributed by atoms with E-state index in [0.29, 0.717) is 0 Å². The lowest BCUT2D eigenvalue weighted by Crippen LogP contribution is -2.35. The van der Waals surface area contributed by atoms with E-state index in [1.165, 1.54) is 10.4 Å². The average Bonchev–Trinajstić information content (AvgIpc) is 3.12. The molecular formula is C16H14N2OS. The quantitative estimate of drug-likeness (QED) is 0.729. The standard InChI is InChI=1S/C16H14N2OS/c19-16(13-9-17-14-4-2-1-3-12(13)14)18-7-5-15-11(10-18)6-8-20-15/h1-4,6,8-9,17H,5,7,10H2. The number of H-pyrrole nitrogens is 1. The first-order valence-electron chi connectivity index (χ1n) is 6.73. The fraction of sp³-hybridized carbons (Fsp3) is 0.188. The lowest BCUT2D eigenvalue weighted by molar-refractivity contribution is 0.0738. The molecule has 0 fully saturated rings. The average molecular weight is 282 g/mol. The van der Waals surface area contributed by atoms with Crippen LogP contribution in [0.25, 0.3) is 10.9 Å². The molecule has 3 aromatic rings. The molecule has 0 bridgehead atoms. The normalized spacial score (nSPS) is 14.5. The SMILES string of the molecule is O=C(c1c[nH]c2ccccc12)N1CCc2sccc2C1. The van der Waals surface area contributed by atoms with Gasteiger partial charge >= 0.3 is 0 Å². The van der Waals surface area contributed by atoms with Gasteiger partial charge < -0.3 is 9.88 Å². The Morgan fingerprint density at radius 1 is 1.25 bits per heavy atom. The van der Waals surface area contributed by atoms with Crippen molar-refractivity contribution in [1.82, 2.24) is 9.88 Å². The zero-order valence-electron chi connectivity index (χ0n) is 10.9. The Hall–Kier alpha value is -2.07. The summed E-state index contributed by atoms with van der Waals surface area (Å²) in [5.41, 5.74) is 3.10. The number of aromatic nitrogens is 1. The summed E-state index contributed by atoms with van der Waals surface area (Å²) in [6, 6.07) is 10.1. The smallest absolute Gasteiger partial charge is 0.256 e. The van der Waals surface area contributed by atoms with E-state index in [9.17, 15) is 4.79 Å². The first-order valence-corrected chi connectivity index (χ1v) is 7.61. The molecule has 0 saturated carbocycles. The molecular weight excluding hydrogens is 268 g/mol. The second kappa shape index (κ2) is 4.49. The van der Waals surface area contributed by atoms with Gasteiger partial charge in [0.1, 0.15) is 0 Å². The van der Waals surface area contributed by atoms with Gasteiger partial charge in [-0.05, 0) is 29.5 Å². The van der Waals surface area contributed by atoms with E-state index in [2.05, 4.69) is 16.4 Å². The van der Waals surface area contributed by atoms with Crippen LogP contribution in [0.4, 0.5) is 0 Å². The minimum absolute atomic E-state index is 0.124. The molecule has 3 heterocycles. The predicted molar refractivity (Wildman–Crippen MR) is 81.1 cm³/mol. The Kier molecular flexibility index (Phi) is 2.63. The zero-order valence-corrected chi connectivity index (χ0v) is 11.7. The molecule has 4 heteroatoms. The van der Waals surface area contributed by atoms with Crippen LogP contribution in [0.5, 0.6) is 0 Å². The van der Waals surface area contributed by atoms with Crippen LogP contribution in [0.2, 0.25) is 0 Å². The Bertz CT molecular complexity index is 786. The van der Waals surface area contributed by atoms with Crippen LogP contribution in [-0.4, -0.2) is 22.3 Å². The number of hydrogen-bond donors (Lipinski definition) is 1. The van der Waals surface area contributed by atoms with Crippen molar-refractivity contribution in [2.45, 2.75) is 13.0 Å². The van der Waals surface area contributed by atoms with E-state index in [1.807, 2.05) is 35.4 Å². The third-order valence-corrected chi connectivity index (χ3v) is 4.94. The third-order valence-electron chi connectivity index (χ3n) is 3.91. The van der Waals surface area contributed by atoms with E-state index >= 15 is 0 Å². The van der Waals surface area contributed by atoms with Crippen LogP contribution in [0, 0.1) is 0 Å². The van der Waals surface area contributed by atoms with E-state index in [1.54, 1.807) is 11.3 Å². The largest absolute Gasteiger partial charge is 0.360 e. The van der Waals surface area contributed by atoms with Crippen LogP contribution < -0.4 is 0 Å². The molecule has 20 heavy (non-hydrogen) atoms. The van der Waals surface area contributed by atoms with E-state index in [4.69, 9.17) is 0 Å². The number of nitrogens with one attached hydrogen (secondary N) is 1. The van der Waals surface area contributed by atoms with Gasteiger partial charge in [0.05, 0.1) is 5.56 Å². The Morgan fingerprint density at radius 3 is 3.10 bits per heavy atom. The Balaban J connectivity index is 1.68. The van der Waals surface area contributed by atoms with Crippen LogP contribution >= 0.6 is 11.3 Å². The van der Waals surface area contributed by atoms with Crippen molar-refractivity contribution >= 4 is 28.1 Å². The minimum atomic E-state index is 0.124. The van der Waals surface area contributed by atoms with Crippen molar-refractivity contribution in [2.75, 3.05) is 6.54 Å². The number of amides is 1. The number of carbonyl (C=O) groups excluding carboxylic acids is 1. The topological polar surface area (TPSA) is 36.1 Å². The summed E-state index contributed by atoms with van der Waals surface area (Å²) in [5, 5.41) is 3.12. The molecule has 0 saturated heterocycles. The first kappa shape index (κ1) is 11.7. The number of aromatic amines is 1. The van der Waals surface area contributed by atoms with E-state index in [-0.39, 0.29) is 5.91 Å². The summed E-state index contributed by atoms with van der Waals surface area (Å²) in [4.78, 5) is 19.3. The maximum absolute atomic E-state index is 12.7. The van der Waals surface area contributed by atoms with Crippen molar-refractivity contribution < 1.29 is 4.79 Å². The maximum atomic E-state index is 12.7. The summed E-state index contributed by atoms with van der Waals surface area (Å²) < 4.78 is 0.